The van der Waals surface area contributed by atoms with Crippen LogP contribution in [-0.2, 0) is 0 Å². The molecule has 1 aliphatic carbocycles. The van der Waals surface area contributed by atoms with Crippen LogP contribution < -0.4 is 11.1 Å². The van der Waals surface area contributed by atoms with Gasteiger partial charge >= 0.3 is 0 Å². The fourth-order valence-corrected chi connectivity index (χ4v) is 2.77. The average molecular weight is 211 g/mol. The predicted molar refractivity (Wildman–Crippen MR) is 61.6 cm³/mol. The van der Waals surface area contributed by atoms with Crippen molar-refractivity contribution in [2.45, 2.75) is 39.2 Å². The highest BCUT2D eigenvalue weighted by molar-refractivity contribution is 7.10. The maximum atomic E-state index is 5.57. The van der Waals surface area contributed by atoms with Crippen molar-refractivity contribution in [1.82, 2.24) is 4.37 Å². The van der Waals surface area contributed by atoms with Gasteiger partial charge in [-0.25, -0.2) is 0 Å². The van der Waals surface area contributed by atoms with Crippen molar-refractivity contribution >= 4 is 22.4 Å². The molecule has 0 amide bonds. The molecule has 0 aromatic carbocycles. The Morgan fingerprint density at radius 1 is 1.64 bits per heavy atom. The lowest BCUT2D eigenvalue weighted by Crippen LogP contribution is -2.16. The molecular formula is C10H17N3S. The van der Waals surface area contributed by atoms with Gasteiger partial charge in [0.25, 0.3) is 0 Å². The maximum Gasteiger partial charge on any atom is 0.139 e. The molecule has 0 radical (unpaired) electrons. The van der Waals surface area contributed by atoms with Gasteiger partial charge in [-0.2, -0.15) is 4.37 Å². The van der Waals surface area contributed by atoms with E-state index < -0.39 is 0 Å². The lowest BCUT2D eigenvalue weighted by atomic mass is 9.92. The van der Waals surface area contributed by atoms with Gasteiger partial charge < -0.3 is 11.1 Å². The van der Waals surface area contributed by atoms with Crippen molar-refractivity contribution in [3.05, 3.63) is 6.07 Å². The third kappa shape index (κ3) is 2.18. The van der Waals surface area contributed by atoms with Gasteiger partial charge in [0, 0.05) is 12.1 Å². The second kappa shape index (κ2) is 3.42. The molecule has 0 bridgehead atoms. The first-order valence-corrected chi connectivity index (χ1v) is 5.81. The van der Waals surface area contributed by atoms with Gasteiger partial charge in [0.15, 0.2) is 0 Å². The highest BCUT2D eigenvalue weighted by Gasteiger charge is 2.30. The van der Waals surface area contributed by atoms with E-state index in [1.54, 1.807) is 0 Å². The summed E-state index contributed by atoms with van der Waals surface area (Å²) < 4.78 is 4.05. The van der Waals surface area contributed by atoms with Crippen LogP contribution in [0.5, 0.6) is 0 Å². The molecule has 0 spiro atoms. The quantitative estimate of drug-likeness (QED) is 0.790. The van der Waals surface area contributed by atoms with Crippen molar-refractivity contribution in [1.29, 1.82) is 0 Å². The van der Waals surface area contributed by atoms with E-state index in [0.29, 0.717) is 17.3 Å². The fraction of sp³-hybridized carbons (Fsp3) is 0.700. The van der Waals surface area contributed by atoms with E-state index in [0.717, 1.165) is 5.00 Å². The van der Waals surface area contributed by atoms with Crippen LogP contribution in [0, 0.1) is 5.41 Å². The zero-order valence-corrected chi connectivity index (χ0v) is 9.53. The van der Waals surface area contributed by atoms with E-state index in [9.17, 15) is 0 Å². The number of anilines is 2. The van der Waals surface area contributed by atoms with Crippen molar-refractivity contribution in [2.24, 2.45) is 5.41 Å². The van der Waals surface area contributed by atoms with E-state index >= 15 is 0 Å². The molecular weight excluding hydrogens is 194 g/mol. The number of nitrogens with zero attached hydrogens (tertiary/aromatic N) is 1. The average Bonchev–Trinajstić information content (AvgIpc) is 2.59. The van der Waals surface area contributed by atoms with Gasteiger partial charge in [-0.1, -0.05) is 13.8 Å². The minimum atomic E-state index is 0.494. The molecule has 4 heteroatoms. The number of rotatable bonds is 2. The second-order valence-electron chi connectivity index (χ2n) is 4.86. The maximum absolute atomic E-state index is 5.57. The van der Waals surface area contributed by atoms with Gasteiger partial charge in [-0.3, -0.25) is 0 Å². The Morgan fingerprint density at radius 3 is 2.93 bits per heavy atom. The van der Waals surface area contributed by atoms with Crippen LogP contribution in [0.1, 0.15) is 33.1 Å². The van der Waals surface area contributed by atoms with Crippen LogP contribution in [0.2, 0.25) is 0 Å². The lowest BCUT2D eigenvalue weighted by molar-refractivity contribution is 0.378. The lowest BCUT2D eigenvalue weighted by Gasteiger charge is -2.17. The molecule has 0 saturated heterocycles. The van der Waals surface area contributed by atoms with Gasteiger partial charge in [-0.15, -0.1) is 0 Å². The van der Waals surface area contributed by atoms with Crippen LogP contribution in [0.15, 0.2) is 6.07 Å². The van der Waals surface area contributed by atoms with Gasteiger partial charge in [0.1, 0.15) is 10.8 Å². The molecule has 1 aromatic rings. The number of nitrogens with two attached hydrogens (primary N) is 1. The van der Waals surface area contributed by atoms with Crippen LogP contribution >= 0.6 is 11.5 Å². The summed E-state index contributed by atoms with van der Waals surface area (Å²) in [6.45, 7) is 4.66. The van der Waals surface area contributed by atoms with Crippen molar-refractivity contribution < 1.29 is 0 Å². The third-order valence-corrected chi connectivity index (χ3v) is 3.58. The Bertz CT molecular complexity index is 319. The van der Waals surface area contributed by atoms with Crippen LogP contribution in [0.4, 0.5) is 10.8 Å². The highest BCUT2D eigenvalue weighted by atomic mass is 32.1. The minimum absolute atomic E-state index is 0.494. The summed E-state index contributed by atoms with van der Waals surface area (Å²) in [6, 6.07) is 2.51. The predicted octanol–water partition coefficient (Wildman–Crippen LogP) is 2.72. The Labute approximate surface area is 88.9 Å². The molecule has 0 aliphatic heterocycles. The zero-order valence-electron chi connectivity index (χ0n) is 8.71. The summed E-state index contributed by atoms with van der Waals surface area (Å²) in [5.41, 5.74) is 6.06. The highest BCUT2D eigenvalue weighted by Crippen LogP contribution is 2.38. The van der Waals surface area contributed by atoms with Crippen molar-refractivity contribution in [3.8, 4) is 0 Å². The van der Waals surface area contributed by atoms with Crippen molar-refractivity contribution in [3.63, 3.8) is 0 Å². The molecule has 14 heavy (non-hydrogen) atoms. The minimum Gasteiger partial charge on any atom is -0.383 e. The standard InChI is InChI=1S/C10H17N3S/c1-10(2)4-3-7(6-10)12-9-5-8(11)13-14-9/h5,7,12H,3-4,6H2,1-2H3,(H2,11,13). The molecule has 78 valence electrons. The number of nitrogens with one attached hydrogen (secondary N) is 1. The monoisotopic (exact) mass is 211 g/mol. The fourth-order valence-electron chi connectivity index (χ4n) is 2.12. The van der Waals surface area contributed by atoms with E-state index in [4.69, 9.17) is 5.73 Å². The summed E-state index contributed by atoms with van der Waals surface area (Å²) in [5.74, 6) is 0.620. The molecule has 1 aromatic heterocycles. The number of aromatic nitrogens is 1. The molecule has 2 rings (SSSR count). The smallest absolute Gasteiger partial charge is 0.139 e. The van der Waals surface area contributed by atoms with E-state index in [1.165, 1.54) is 30.8 Å². The van der Waals surface area contributed by atoms with Gasteiger partial charge in [0.2, 0.25) is 0 Å². The van der Waals surface area contributed by atoms with Crippen LogP contribution in [-0.4, -0.2) is 10.4 Å². The van der Waals surface area contributed by atoms with E-state index in [1.807, 2.05) is 6.07 Å². The van der Waals surface area contributed by atoms with Gasteiger partial charge in [0.05, 0.1) is 0 Å². The van der Waals surface area contributed by atoms with E-state index in [2.05, 4.69) is 23.5 Å². The first kappa shape index (κ1) is 9.77. The molecule has 1 saturated carbocycles. The summed E-state index contributed by atoms with van der Waals surface area (Å²) in [6.07, 6.45) is 3.80. The SMILES string of the molecule is CC1(C)CCC(Nc2cc(N)ns2)C1. The molecule has 1 heterocycles. The van der Waals surface area contributed by atoms with E-state index in [-0.39, 0.29) is 0 Å². The van der Waals surface area contributed by atoms with Crippen molar-refractivity contribution in [2.75, 3.05) is 11.1 Å². The summed E-state index contributed by atoms with van der Waals surface area (Å²) >= 11 is 1.45. The molecule has 3 N–H and O–H groups in total. The normalized spacial score (nSPS) is 25.1. The number of hydrogen-bond acceptors (Lipinski definition) is 4. The van der Waals surface area contributed by atoms with Crippen LogP contribution in [0.25, 0.3) is 0 Å². The number of hydrogen-bond donors (Lipinski definition) is 2. The zero-order chi connectivity index (χ0) is 10.2. The Morgan fingerprint density at radius 2 is 2.43 bits per heavy atom. The Kier molecular flexibility index (Phi) is 2.39. The third-order valence-electron chi connectivity index (χ3n) is 2.84. The topological polar surface area (TPSA) is 50.9 Å². The first-order valence-electron chi connectivity index (χ1n) is 5.04. The van der Waals surface area contributed by atoms with Gasteiger partial charge in [-0.05, 0) is 36.2 Å². The molecule has 1 fully saturated rings. The molecule has 1 aliphatic rings. The Hall–Kier alpha value is -0.770. The molecule has 1 atom stereocenters. The Balaban J connectivity index is 1.94. The summed E-state index contributed by atoms with van der Waals surface area (Å²) in [7, 11) is 0. The van der Waals surface area contributed by atoms with Crippen LogP contribution in [0.3, 0.4) is 0 Å². The summed E-state index contributed by atoms with van der Waals surface area (Å²) in [4.78, 5) is 0. The molecule has 1 unspecified atom stereocenters. The second-order valence-corrected chi connectivity index (χ2v) is 5.67. The number of nitrogen functional groups attached to an aromatic ring is 1. The largest absolute Gasteiger partial charge is 0.383 e. The summed E-state index contributed by atoms with van der Waals surface area (Å²) in [5, 5.41) is 4.60. The molecule has 3 nitrogen and oxygen atoms in total. The first-order chi connectivity index (χ1) is 6.55.